The summed E-state index contributed by atoms with van der Waals surface area (Å²) in [7, 11) is 4.13. The lowest BCUT2D eigenvalue weighted by Gasteiger charge is -2.44. The molecule has 6 aromatic carbocycles. The zero-order valence-corrected chi connectivity index (χ0v) is 27.5. The molecule has 0 amide bonds. The zero-order chi connectivity index (χ0) is 33.5. The SMILES string of the molecule is CN1c2c(ccc3cc4c(cc23)OCO4)-c2ccc3c(c2[C@H]1O[C@H]1c2c(ccc4c2OCO4)-c2ccc4cc5c(cc4c2N1C)OCO5)OCO3. The number of hydrogen-bond donors (Lipinski definition) is 0. The Balaban J connectivity index is 1.09. The maximum Gasteiger partial charge on any atom is 0.231 e. The Labute approximate surface area is 290 Å². The van der Waals surface area contributed by atoms with E-state index in [0.717, 1.165) is 89.3 Å². The smallest absolute Gasteiger partial charge is 0.231 e. The summed E-state index contributed by atoms with van der Waals surface area (Å²) in [5, 5.41) is 4.13. The number of hydrogen-bond acceptors (Lipinski definition) is 11. The molecule has 6 aliphatic rings. The van der Waals surface area contributed by atoms with E-state index in [2.05, 4.69) is 72.4 Å². The van der Waals surface area contributed by atoms with Crippen LogP contribution < -0.4 is 47.7 Å². The van der Waals surface area contributed by atoms with Gasteiger partial charge in [0, 0.05) is 36.0 Å². The summed E-state index contributed by atoms with van der Waals surface area (Å²) in [6.45, 7) is 0.667. The third kappa shape index (κ3) is 3.60. The van der Waals surface area contributed by atoms with Gasteiger partial charge in [-0.05, 0) is 70.4 Å². The van der Waals surface area contributed by atoms with Crippen molar-refractivity contribution in [2.24, 2.45) is 0 Å². The molecule has 0 spiro atoms. The maximum atomic E-state index is 7.53. The number of benzene rings is 6. The van der Waals surface area contributed by atoms with E-state index in [1.807, 2.05) is 24.3 Å². The first-order valence-electron chi connectivity index (χ1n) is 16.8. The highest BCUT2D eigenvalue weighted by Crippen LogP contribution is 2.59. The molecule has 6 aliphatic heterocycles. The molecule has 12 rings (SSSR count). The van der Waals surface area contributed by atoms with Gasteiger partial charge in [0.1, 0.15) is 0 Å². The monoisotopic (exact) mass is 680 g/mol. The second kappa shape index (κ2) is 9.73. The Bertz CT molecular complexity index is 2380. The van der Waals surface area contributed by atoms with E-state index in [9.17, 15) is 0 Å². The van der Waals surface area contributed by atoms with E-state index < -0.39 is 12.5 Å². The number of anilines is 2. The van der Waals surface area contributed by atoms with Gasteiger partial charge in [0.25, 0.3) is 0 Å². The molecule has 0 saturated carbocycles. The minimum absolute atomic E-state index is 0.136. The van der Waals surface area contributed by atoms with Crippen LogP contribution in [0.2, 0.25) is 0 Å². The first kappa shape index (κ1) is 27.6. The van der Waals surface area contributed by atoms with E-state index in [1.54, 1.807) is 0 Å². The Kier molecular flexibility index (Phi) is 5.27. The molecule has 252 valence electrons. The Morgan fingerprint density at radius 3 is 1.31 bits per heavy atom. The fraction of sp³-hybridized carbons (Fsp3) is 0.200. The fourth-order valence-electron chi connectivity index (χ4n) is 8.60. The van der Waals surface area contributed by atoms with Gasteiger partial charge in [0.15, 0.2) is 58.5 Å². The number of nitrogens with zero attached hydrogens (tertiary/aromatic N) is 2. The van der Waals surface area contributed by atoms with E-state index in [-0.39, 0.29) is 27.2 Å². The van der Waals surface area contributed by atoms with Crippen LogP contribution in [0.4, 0.5) is 11.4 Å². The van der Waals surface area contributed by atoms with Crippen LogP contribution in [0.1, 0.15) is 23.6 Å². The quantitative estimate of drug-likeness (QED) is 0.179. The number of fused-ring (bicyclic) bond motifs is 16. The third-order valence-corrected chi connectivity index (χ3v) is 10.9. The molecule has 0 aliphatic carbocycles. The number of rotatable bonds is 2. The van der Waals surface area contributed by atoms with Crippen molar-refractivity contribution in [3.8, 4) is 68.2 Å². The summed E-state index contributed by atoms with van der Waals surface area (Å²) in [6.07, 6.45) is -1.23. The molecule has 2 atom stereocenters. The second-order valence-corrected chi connectivity index (χ2v) is 13.4. The standard InChI is InChI=1S/C40H28N2O9/c1-41-35-23(5-3-19-11-29-31(13-25(19)35)47-15-45-29)21-7-9-27-37(49-17-43-27)33(21)39(41)51-40-34-22(8-10-28-38(34)50-18-44-28)24-6-4-20-12-30-32(48-16-46-30)14-26(20)36(24)42(40)2/h3-14,39-40H,15-18H2,1-2H3/t39-,40+. The van der Waals surface area contributed by atoms with Crippen LogP contribution in [0, 0.1) is 0 Å². The van der Waals surface area contributed by atoms with Crippen LogP contribution in [0.15, 0.2) is 72.8 Å². The summed E-state index contributed by atoms with van der Waals surface area (Å²) in [6, 6.07) is 24.9. The fourth-order valence-corrected chi connectivity index (χ4v) is 8.60. The van der Waals surface area contributed by atoms with E-state index >= 15 is 0 Å². The lowest BCUT2D eigenvalue weighted by molar-refractivity contribution is -0.0164. The maximum absolute atomic E-state index is 7.53. The summed E-state index contributed by atoms with van der Waals surface area (Å²) in [4.78, 5) is 4.38. The summed E-state index contributed by atoms with van der Waals surface area (Å²) < 4.78 is 54.9. The molecular weight excluding hydrogens is 652 g/mol. The lowest BCUT2D eigenvalue weighted by atomic mass is 9.87. The molecule has 0 radical (unpaired) electrons. The first-order valence-corrected chi connectivity index (χ1v) is 16.8. The Morgan fingerprint density at radius 2 is 0.843 bits per heavy atom. The van der Waals surface area contributed by atoms with Crippen molar-refractivity contribution < 1.29 is 42.6 Å². The molecule has 11 heteroatoms. The van der Waals surface area contributed by atoms with Crippen molar-refractivity contribution in [3.05, 3.63) is 83.9 Å². The molecule has 0 bridgehead atoms. The molecule has 0 unspecified atom stereocenters. The van der Waals surface area contributed by atoms with Crippen molar-refractivity contribution in [1.29, 1.82) is 0 Å². The van der Waals surface area contributed by atoms with Crippen LogP contribution in [0.5, 0.6) is 46.0 Å². The van der Waals surface area contributed by atoms with E-state index in [0.29, 0.717) is 23.0 Å². The van der Waals surface area contributed by atoms with Crippen molar-refractivity contribution in [2.45, 2.75) is 12.5 Å². The van der Waals surface area contributed by atoms with Crippen LogP contribution in [0.25, 0.3) is 43.8 Å². The highest BCUT2D eigenvalue weighted by Gasteiger charge is 2.43. The summed E-state index contributed by atoms with van der Waals surface area (Å²) in [5.41, 5.74) is 7.94. The number of ether oxygens (including phenoxy) is 9. The molecule has 0 N–H and O–H groups in total. The third-order valence-electron chi connectivity index (χ3n) is 10.9. The van der Waals surface area contributed by atoms with E-state index in [1.165, 1.54) is 0 Å². The lowest BCUT2D eigenvalue weighted by Crippen LogP contribution is -2.37. The average Bonchev–Trinajstić information content (AvgIpc) is 3.98. The summed E-state index contributed by atoms with van der Waals surface area (Å²) >= 11 is 0. The predicted octanol–water partition coefficient (Wildman–Crippen LogP) is 7.86. The Hall–Kier alpha value is -6.20. The summed E-state index contributed by atoms with van der Waals surface area (Å²) in [5.74, 6) is 5.64. The van der Waals surface area contributed by atoms with Gasteiger partial charge < -0.3 is 52.4 Å². The first-order chi connectivity index (χ1) is 25.1. The van der Waals surface area contributed by atoms with E-state index in [4.69, 9.17) is 42.6 Å². The van der Waals surface area contributed by atoms with Crippen LogP contribution in [-0.4, -0.2) is 41.3 Å². The van der Waals surface area contributed by atoms with Gasteiger partial charge in [-0.3, -0.25) is 0 Å². The van der Waals surface area contributed by atoms with Gasteiger partial charge in [-0.15, -0.1) is 0 Å². The largest absolute Gasteiger partial charge is 0.454 e. The van der Waals surface area contributed by atoms with Gasteiger partial charge in [-0.2, -0.15) is 0 Å². The van der Waals surface area contributed by atoms with Crippen molar-refractivity contribution in [1.82, 2.24) is 0 Å². The topological polar surface area (TPSA) is 89.6 Å². The predicted molar refractivity (Wildman–Crippen MR) is 187 cm³/mol. The molecule has 51 heavy (non-hydrogen) atoms. The molecular formula is C40H28N2O9. The minimum atomic E-state index is -0.615. The van der Waals surface area contributed by atoms with Gasteiger partial charge >= 0.3 is 0 Å². The van der Waals surface area contributed by atoms with Crippen LogP contribution in [0.3, 0.4) is 0 Å². The molecule has 0 aromatic heterocycles. The van der Waals surface area contributed by atoms with Crippen LogP contribution in [-0.2, 0) is 4.74 Å². The van der Waals surface area contributed by atoms with Gasteiger partial charge in [-0.25, -0.2) is 0 Å². The highest BCUT2D eigenvalue weighted by molar-refractivity contribution is 6.07. The molecule has 6 heterocycles. The highest BCUT2D eigenvalue weighted by atomic mass is 16.7. The normalized spacial score (nSPS) is 19.3. The minimum Gasteiger partial charge on any atom is -0.454 e. The molecule has 0 saturated heterocycles. The molecule has 6 aromatic rings. The zero-order valence-electron chi connectivity index (χ0n) is 27.5. The van der Waals surface area contributed by atoms with Crippen molar-refractivity contribution in [2.75, 3.05) is 51.1 Å². The van der Waals surface area contributed by atoms with Crippen molar-refractivity contribution in [3.63, 3.8) is 0 Å². The van der Waals surface area contributed by atoms with Gasteiger partial charge in [0.2, 0.25) is 27.2 Å². The van der Waals surface area contributed by atoms with Crippen LogP contribution >= 0.6 is 0 Å². The average molecular weight is 681 g/mol. The molecule has 11 nitrogen and oxygen atoms in total. The Morgan fingerprint density at radius 1 is 0.451 bits per heavy atom. The molecule has 0 fully saturated rings. The second-order valence-electron chi connectivity index (χ2n) is 13.4. The van der Waals surface area contributed by atoms with Crippen molar-refractivity contribution >= 4 is 32.9 Å². The van der Waals surface area contributed by atoms with Gasteiger partial charge in [0.05, 0.1) is 22.5 Å². The van der Waals surface area contributed by atoms with Gasteiger partial charge in [-0.1, -0.05) is 24.3 Å².